The zero-order chi connectivity index (χ0) is 13.0. The third-order valence-electron chi connectivity index (χ3n) is 5.02. The highest BCUT2D eigenvalue weighted by Gasteiger charge is 2.21. The molecule has 2 aliphatic heterocycles. The Bertz CT molecular complexity index is 201. The molecule has 106 valence electrons. The monoisotopic (exact) mass is 252 g/mol. The van der Waals surface area contributed by atoms with Gasteiger partial charge >= 0.3 is 0 Å². The number of hydrogen-bond donors (Lipinski definition) is 0. The van der Waals surface area contributed by atoms with Gasteiger partial charge < -0.3 is 9.80 Å². The predicted molar refractivity (Wildman–Crippen MR) is 78.8 cm³/mol. The summed E-state index contributed by atoms with van der Waals surface area (Å²) in [5, 5.41) is 0. The molecule has 0 amide bonds. The van der Waals surface area contributed by atoms with Crippen LogP contribution in [-0.4, -0.2) is 49.6 Å². The third-order valence-corrected chi connectivity index (χ3v) is 5.02. The number of likely N-dealkylation sites (tertiary alicyclic amines) is 2. The fourth-order valence-corrected chi connectivity index (χ4v) is 3.63. The molecule has 2 saturated heterocycles. The molecule has 1 atom stereocenters. The minimum Gasteiger partial charge on any atom is -0.306 e. The van der Waals surface area contributed by atoms with E-state index < -0.39 is 0 Å². The first kappa shape index (κ1) is 14.3. The Morgan fingerprint density at radius 1 is 1.00 bits per heavy atom. The lowest BCUT2D eigenvalue weighted by molar-refractivity contribution is 0.146. The summed E-state index contributed by atoms with van der Waals surface area (Å²) in [6.07, 6.45) is 7.15. The zero-order valence-corrected chi connectivity index (χ0v) is 12.7. The lowest BCUT2D eigenvalue weighted by Gasteiger charge is -2.34. The SMILES string of the molecule is CC1CCN(CC(C)CC2CCN(C)CC2)CC1. The van der Waals surface area contributed by atoms with Crippen LogP contribution in [0.15, 0.2) is 0 Å². The maximum Gasteiger partial charge on any atom is 0.000712 e. The van der Waals surface area contributed by atoms with Crippen LogP contribution >= 0.6 is 0 Å². The van der Waals surface area contributed by atoms with Gasteiger partial charge in [-0.3, -0.25) is 0 Å². The second-order valence-electron chi connectivity index (χ2n) is 7.07. The van der Waals surface area contributed by atoms with Crippen molar-refractivity contribution in [2.45, 2.75) is 46.0 Å². The number of rotatable bonds is 4. The van der Waals surface area contributed by atoms with Gasteiger partial charge in [-0.25, -0.2) is 0 Å². The van der Waals surface area contributed by atoms with Gasteiger partial charge in [0, 0.05) is 6.54 Å². The maximum absolute atomic E-state index is 2.71. The summed E-state index contributed by atoms with van der Waals surface area (Å²) in [5.74, 6) is 2.86. The fraction of sp³-hybridized carbons (Fsp3) is 1.00. The van der Waals surface area contributed by atoms with Crippen molar-refractivity contribution >= 4 is 0 Å². The molecule has 0 aromatic rings. The van der Waals surface area contributed by atoms with Crippen LogP contribution in [0.25, 0.3) is 0 Å². The highest BCUT2D eigenvalue weighted by Crippen LogP contribution is 2.25. The van der Waals surface area contributed by atoms with Crippen molar-refractivity contribution in [3.05, 3.63) is 0 Å². The van der Waals surface area contributed by atoms with Gasteiger partial charge in [0.2, 0.25) is 0 Å². The van der Waals surface area contributed by atoms with E-state index in [1.54, 1.807) is 0 Å². The summed E-state index contributed by atoms with van der Waals surface area (Å²) in [7, 11) is 2.26. The zero-order valence-electron chi connectivity index (χ0n) is 12.7. The molecule has 2 heterocycles. The molecule has 2 rings (SSSR count). The van der Waals surface area contributed by atoms with Crippen LogP contribution < -0.4 is 0 Å². The lowest BCUT2D eigenvalue weighted by Crippen LogP contribution is -2.37. The van der Waals surface area contributed by atoms with Gasteiger partial charge in [-0.1, -0.05) is 13.8 Å². The van der Waals surface area contributed by atoms with E-state index in [1.165, 1.54) is 64.8 Å². The van der Waals surface area contributed by atoms with Crippen LogP contribution in [0.1, 0.15) is 46.0 Å². The van der Waals surface area contributed by atoms with Crippen molar-refractivity contribution < 1.29 is 0 Å². The van der Waals surface area contributed by atoms with Gasteiger partial charge in [-0.2, -0.15) is 0 Å². The lowest BCUT2D eigenvalue weighted by atomic mass is 9.87. The minimum absolute atomic E-state index is 0.895. The largest absolute Gasteiger partial charge is 0.306 e. The minimum atomic E-state index is 0.895. The van der Waals surface area contributed by atoms with Gasteiger partial charge in [0.1, 0.15) is 0 Å². The molecular weight excluding hydrogens is 220 g/mol. The molecule has 1 unspecified atom stereocenters. The molecule has 0 bridgehead atoms. The highest BCUT2D eigenvalue weighted by atomic mass is 15.1. The van der Waals surface area contributed by atoms with Crippen LogP contribution in [0.2, 0.25) is 0 Å². The summed E-state index contributed by atoms with van der Waals surface area (Å²) in [6, 6.07) is 0. The molecule has 0 aromatic carbocycles. The van der Waals surface area contributed by atoms with Crippen LogP contribution in [0.4, 0.5) is 0 Å². The van der Waals surface area contributed by atoms with Crippen molar-refractivity contribution in [2.75, 3.05) is 39.8 Å². The average Bonchev–Trinajstić information content (AvgIpc) is 2.35. The molecule has 0 aliphatic carbocycles. The van der Waals surface area contributed by atoms with Crippen molar-refractivity contribution in [2.24, 2.45) is 17.8 Å². The Morgan fingerprint density at radius 3 is 2.22 bits per heavy atom. The first-order valence-corrected chi connectivity index (χ1v) is 8.04. The third kappa shape index (κ3) is 4.55. The first-order valence-electron chi connectivity index (χ1n) is 8.04. The molecule has 2 aliphatic rings. The van der Waals surface area contributed by atoms with Gasteiger partial charge in [0.15, 0.2) is 0 Å². The van der Waals surface area contributed by atoms with Crippen molar-refractivity contribution in [1.82, 2.24) is 9.80 Å². The summed E-state index contributed by atoms with van der Waals surface area (Å²) < 4.78 is 0. The average molecular weight is 252 g/mol. The van der Waals surface area contributed by atoms with Crippen LogP contribution in [0.5, 0.6) is 0 Å². The molecule has 2 heteroatoms. The Kier molecular flexibility index (Phi) is 5.50. The molecule has 0 saturated carbocycles. The molecule has 2 fully saturated rings. The van der Waals surface area contributed by atoms with E-state index in [0.717, 1.165) is 17.8 Å². The Hall–Kier alpha value is -0.0800. The highest BCUT2D eigenvalue weighted by molar-refractivity contribution is 4.75. The smallest absolute Gasteiger partial charge is 0.000712 e. The van der Waals surface area contributed by atoms with E-state index in [2.05, 4.69) is 30.7 Å². The van der Waals surface area contributed by atoms with Gasteiger partial charge in [-0.05, 0) is 83.1 Å². The first-order chi connectivity index (χ1) is 8.63. The van der Waals surface area contributed by atoms with Crippen LogP contribution in [0, 0.1) is 17.8 Å². The van der Waals surface area contributed by atoms with E-state index >= 15 is 0 Å². The molecule has 0 spiro atoms. The van der Waals surface area contributed by atoms with Gasteiger partial charge in [0.25, 0.3) is 0 Å². The normalized spacial score (nSPS) is 27.5. The predicted octanol–water partition coefficient (Wildman–Crippen LogP) is 3.09. The summed E-state index contributed by atoms with van der Waals surface area (Å²) in [5.41, 5.74) is 0. The van der Waals surface area contributed by atoms with Crippen molar-refractivity contribution in [1.29, 1.82) is 0 Å². The van der Waals surface area contributed by atoms with E-state index in [9.17, 15) is 0 Å². The quantitative estimate of drug-likeness (QED) is 0.758. The standard InChI is InChI=1S/C16H32N2/c1-14-4-10-18(11-5-14)13-15(2)12-16-6-8-17(3)9-7-16/h14-16H,4-13H2,1-3H3. The van der Waals surface area contributed by atoms with E-state index in [1.807, 2.05) is 0 Å². The molecule has 0 aromatic heterocycles. The van der Waals surface area contributed by atoms with Crippen LogP contribution in [0.3, 0.4) is 0 Å². The van der Waals surface area contributed by atoms with Gasteiger partial charge in [-0.15, -0.1) is 0 Å². The van der Waals surface area contributed by atoms with Crippen LogP contribution in [-0.2, 0) is 0 Å². The number of piperidine rings is 2. The molecule has 18 heavy (non-hydrogen) atoms. The second-order valence-corrected chi connectivity index (χ2v) is 7.07. The summed E-state index contributed by atoms with van der Waals surface area (Å²) in [6.45, 7) is 11.5. The number of nitrogens with zero attached hydrogens (tertiary/aromatic N) is 2. The Morgan fingerprint density at radius 2 is 1.61 bits per heavy atom. The molecule has 2 nitrogen and oxygen atoms in total. The molecular formula is C16H32N2. The van der Waals surface area contributed by atoms with Gasteiger partial charge in [0.05, 0.1) is 0 Å². The number of hydrogen-bond acceptors (Lipinski definition) is 2. The second kappa shape index (κ2) is 6.91. The fourth-order valence-electron chi connectivity index (χ4n) is 3.63. The topological polar surface area (TPSA) is 6.48 Å². The Balaban J connectivity index is 1.64. The molecule has 0 radical (unpaired) electrons. The van der Waals surface area contributed by atoms with Crippen molar-refractivity contribution in [3.8, 4) is 0 Å². The van der Waals surface area contributed by atoms with E-state index in [0.29, 0.717) is 0 Å². The molecule has 0 N–H and O–H groups in total. The Labute approximate surface area is 114 Å². The van der Waals surface area contributed by atoms with Crippen molar-refractivity contribution in [3.63, 3.8) is 0 Å². The summed E-state index contributed by atoms with van der Waals surface area (Å²) >= 11 is 0. The summed E-state index contributed by atoms with van der Waals surface area (Å²) in [4.78, 5) is 5.19. The van der Waals surface area contributed by atoms with E-state index in [-0.39, 0.29) is 0 Å². The maximum atomic E-state index is 2.71. The van der Waals surface area contributed by atoms with E-state index in [4.69, 9.17) is 0 Å².